The molecule has 0 aromatic heterocycles. The number of fused-ring (bicyclic) bond motifs is 2. The fourth-order valence-corrected chi connectivity index (χ4v) is 4.32. The standard InChI is InChI=1S/C25H15ClN2O2S/c26-17-8-5-9-18(13-17)28-24(30)22(23(29)27-25(28)31)14-21-19-10-3-1-6-15(19)12-16-7-2-4-11-20(16)21/h1-14H,(H,27,29,31)/b22-14-. The number of hydrogen-bond donors (Lipinski definition) is 1. The van der Waals surface area contributed by atoms with Crippen LogP contribution in [0, 0.1) is 0 Å². The zero-order valence-electron chi connectivity index (χ0n) is 16.1. The molecule has 1 heterocycles. The van der Waals surface area contributed by atoms with Crippen molar-refractivity contribution in [1.82, 2.24) is 5.32 Å². The summed E-state index contributed by atoms with van der Waals surface area (Å²) >= 11 is 11.4. The predicted molar refractivity (Wildman–Crippen MR) is 129 cm³/mol. The quantitative estimate of drug-likeness (QED) is 0.193. The highest BCUT2D eigenvalue weighted by Gasteiger charge is 2.34. The van der Waals surface area contributed by atoms with E-state index in [0.717, 1.165) is 27.1 Å². The zero-order valence-corrected chi connectivity index (χ0v) is 17.7. The first kappa shape index (κ1) is 19.4. The van der Waals surface area contributed by atoms with Crippen molar-refractivity contribution >= 4 is 74.1 Å². The molecule has 1 N–H and O–H groups in total. The van der Waals surface area contributed by atoms with E-state index in [0.29, 0.717) is 10.7 Å². The summed E-state index contributed by atoms with van der Waals surface area (Å²) in [5.74, 6) is -1.02. The first-order valence-corrected chi connectivity index (χ1v) is 10.4. The van der Waals surface area contributed by atoms with E-state index < -0.39 is 11.8 Å². The number of thiocarbonyl (C=S) groups is 1. The van der Waals surface area contributed by atoms with Gasteiger partial charge in [-0.1, -0.05) is 66.2 Å². The Morgan fingerprint density at radius 1 is 0.839 bits per heavy atom. The molecule has 2 amide bonds. The molecule has 5 rings (SSSR count). The summed E-state index contributed by atoms with van der Waals surface area (Å²) in [5, 5.41) is 7.09. The molecule has 0 radical (unpaired) electrons. The molecule has 0 atom stereocenters. The summed E-state index contributed by atoms with van der Waals surface area (Å²) in [7, 11) is 0. The Labute approximate surface area is 188 Å². The second kappa shape index (κ2) is 7.61. The van der Waals surface area contributed by atoms with E-state index in [2.05, 4.69) is 11.4 Å². The van der Waals surface area contributed by atoms with Gasteiger partial charge in [0, 0.05) is 5.02 Å². The number of amides is 2. The van der Waals surface area contributed by atoms with Gasteiger partial charge in [0.15, 0.2) is 5.11 Å². The molecular formula is C25H15ClN2O2S. The van der Waals surface area contributed by atoms with Crippen molar-refractivity contribution in [2.45, 2.75) is 0 Å². The zero-order chi connectivity index (χ0) is 21.5. The van der Waals surface area contributed by atoms with E-state index in [1.165, 1.54) is 4.90 Å². The van der Waals surface area contributed by atoms with Crippen LogP contribution >= 0.6 is 23.8 Å². The molecule has 6 heteroatoms. The van der Waals surface area contributed by atoms with Crippen LogP contribution in [0.4, 0.5) is 5.69 Å². The first-order valence-electron chi connectivity index (χ1n) is 9.60. The molecule has 1 aliphatic rings. The molecule has 1 fully saturated rings. The topological polar surface area (TPSA) is 49.4 Å². The Morgan fingerprint density at radius 2 is 1.48 bits per heavy atom. The maximum Gasteiger partial charge on any atom is 0.270 e. The van der Waals surface area contributed by atoms with Crippen molar-refractivity contribution in [2.24, 2.45) is 0 Å². The molecule has 0 saturated carbocycles. The molecule has 150 valence electrons. The maximum atomic E-state index is 13.4. The van der Waals surface area contributed by atoms with Gasteiger partial charge in [-0.15, -0.1) is 0 Å². The molecule has 1 aliphatic heterocycles. The van der Waals surface area contributed by atoms with Crippen molar-refractivity contribution in [3.63, 3.8) is 0 Å². The minimum absolute atomic E-state index is 0.00933. The molecule has 4 nitrogen and oxygen atoms in total. The Balaban J connectivity index is 1.73. The number of anilines is 1. The van der Waals surface area contributed by atoms with E-state index in [1.807, 2.05) is 48.5 Å². The largest absolute Gasteiger partial charge is 0.298 e. The smallest absolute Gasteiger partial charge is 0.270 e. The molecule has 4 aromatic carbocycles. The molecule has 0 spiro atoms. The lowest BCUT2D eigenvalue weighted by Gasteiger charge is -2.29. The highest BCUT2D eigenvalue weighted by molar-refractivity contribution is 7.80. The molecule has 1 saturated heterocycles. The van der Waals surface area contributed by atoms with E-state index >= 15 is 0 Å². The van der Waals surface area contributed by atoms with Crippen LogP contribution in [0.25, 0.3) is 27.6 Å². The van der Waals surface area contributed by atoms with Crippen molar-refractivity contribution < 1.29 is 9.59 Å². The van der Waals surface area contributed by atoms with Gasteiger partial charge in [0.2, 0.25) is 0 Å². The summed E-state index contributed by atoms with van der Waals surface area (Å²) in [4.78, 5) is 27.5. The van der Waals surface area contributed by atoms with Gasteiger partial charge >= 0.3 is 0 Å². The van der Waals surface area contributed by atoms with Gasteiger partial charge < -0.3 is 0 Å². The van der Waals surface area contributed by atoms with E-state index in [9.17, 15) is 9.59 Å². The van der Waals surface area contributed by atoms with E-state index in [4.69, 9.17) is 23.8 Å². The van der Waals surface area contributed by atoms with Crippen molar-refractivity contribution in [1.29, 1.82) is 0 Å². The predicted octanol–water partition coefficient (Wildman–Crippen LogP) is 5.48. The third-order valence-electron chi connectivity index (χ3n) is 5.27. The van der Waals surface area contributed by atoms with Gasteiger partial charge in [0.25, 0.3) is 11.8 Å². The highest BCUT2D eigenvalue weighted by Crippen LogP contribution is 2.32. The van der Waals surface area contributed by atoms with Gasteiger partial charge in [-0.05, 0) is 69.7 Å². The van der Waals surface area contributed by atoms with Crippen LogP contribution in [-0.2, 0) is 9.59 Å². The number of benzene rings is 4. The lowest BCUT2D eigenvalue weighted by Crippen LogP contribution is -2.54. The third-order valence-corrected chi connectivity index (χ3v) is 5.79. The van der Waals surface area contributed by atoms with Crippen molar-refractivity contribution in [2.75, 3.05) is 4.90 Å². The minimum Gasteiger partial charge on any atom is -0.298 e. The SMILES string of the molecule is O=C1NC(=S)N(c2cccc(Cl)c2)C(=O)/C1=C\c1c2ccccc2cc2ccccc12. The van der Waals surface area contributed by atoms with Crippen molar-refractivity contribution in [3.8, 4) is 0 Å². The second-order valence-electron chi connectivity index (χ2n) is 7.17. The Kier molecular flexibility index (Phi) is 4.77. The number of carbonyl (C=O) groups excluding carboxylic acids is 2. The highest BCUT2D eigenvalue weighted by atomic mass is 35.5. The van der Waals surface area contributed by atoms with Crippen LogP contribution in [0.1, 0.15) is 5.56 Å². The lowest BCUT2D eigenvalue weighted by atomic mass is 9.94. The number of halogens is 1. The minimum atomic E-state index is -0.523. The monoisotopic (exact) mass is 442 g/mol. The lowest BCUT2D eigenvalue weighted by molar-refractivity contribution is -0.122. The number of carbonyl (C=O) groups is 2. The summed E-state index contributed by atoms with van der Waals surface area (Å²) in [5.41, 5.74) is 1.32. The molecule has 0 aliphatic carbocycles. The first-order chi connectivity index (χ1) is 15.0. The van der Waals surface area contributed by atoms with Crippen LogP contribution in [0.5, 0.6) is 0 Å². The summed E-state index contributed by atoms with van der Waals surface area (Å²) in [6, 6.07) is 24.7. The van der Waals surface area contributed by atoms with E-state index in [-0.39, 0.29) is 10.7 Å². The average molecular weight is 443 g/mol. The Bertz CT molecular complexity index is 1390. The van der Waals surface area contributed by atoms with Crippen LogP contribution in [0.2, 0.25) is 5.02 Å². The van der Waals surface area contributed by atoms with Crippen molar-refractivity contribution in [3.05, 3.63) is 95.0 Å². The molecule has 0 bridgehead atoms. The number of nitrogens with zero attached hydrogens (tertiary/aromatic N) is 1. The van der Waals surface area contributed by atoms with Crippen LogP contribution < -0.4 is 10.2 Å². The molecule has 31 heavy (non-hydrogen) atoms. The number of rotatable bonds is 2. The van der Waals surface area contributed by atoms with Gasteiger partial charge in [-0.3, -0.25) is 19.8 Å². The van der Waals surface area contributed by atoms with E-state index in [1.54, 1.807) is 30.3 Å². The Morgan fingerprint density at radius 3 is 2.13 bits per heavy atom. The summed E-state index contributed by atoms with van der Waals surface area (Å²) in [6.07, 6.45) is 1.65. The van der Waals surface area contributed by atoms with Crippen LogP contribution in [0.3, 0.4) is 0 Å². The molecule has 4 aromatic rings. The van der Waals surface area contributed by atoms with Gasteiger partial charge in [-0.25, -0.2) is 0 Å². The maximum absolute atomic E-state index is 13.4. The second-order valence-corrected chi connectivity index (χ2v) is 7.99. The molecular weight excluding hydrogens is 428 g/mol. The normalized spacial score (nSPS) is 15.7. The summed E-state index contributed by atoms with van der Waals surface area (Å²) < 4.78 is 0. The fraction of sp³-hybridized carbons (Fsp3) is 0. The number of nitrogens with one attached hydrogen (secondary N) is 1. The third kappa shape index (κ3) is 3.38. The summed E-state index contributed by atoms with van der Waals surface area (Å²) in [6.45, 7) is 0. The van der Waals surface area contributed by atoms with Crippen LogP contribution in [0.15, 0.2) is 84.4 Å². The van der Waals surface area contributed by atoms with Gasteiger partial charge in [-0.2, -0.15) is 0 Å². The average Bonchev–Trinajstić information content (AvgIpc) is 2.76. The van der Waals surface area contributed by atoms with Gasteiger partial charge in [0.1, 0.15) is 5.57 Å². The van der Waals surface area contributed by atoms with Gasteiger partial charge in [0.05, 0.1) is 5.69 Å². The van der Waals surface area contributed by atoms with Crippen LogP contribution in [-0.4, -0.2) is 16.9 Å². The molecule has 0 unspecified atom stereocenters. The number of hydrogen-bond acceptors (Lipinski definition) is 3. The fourth-order valence-electron chi connectivity index (χ4n) is 3.86. The Hall–Kier alpha value is -3.54.